The molecular formula is C12H24O3Si. The number of carbonyl (C=O) groups is 1. The van der Waals surface area contributed by atoms with Gasteiger partial charge in [-0.3, -0.25) is 0 Å². The minimum absolute atomic E-state index is 0.133. The van der Waals surface area contributed by atoms with Crippen molar-refractivity contribution < 1.29 is 14.0 Å². The number of hydrogen-bond acceptors (Lipinski definition) is 3. The molecule has 0 spiro atoms. The van der Waals surface area contributed by atoms with Crippen LogP contribution in [0.25, 0.3) is 0 Å². The van der Waals surface area contributed by atoms with Gasteiger partial charge in [0, 0.05) is 0 Å². The molecule has 0 heterocycles. The van der Waals surface area contributed by atoms with Crippen LogP contribution in [0.15, 0.2) is 0 Å². The first-order valence-electron chi connectivity index (χ1n) is 5.94. The monoisotopic (exact) mass is 244 g/mol. The number of ether oxygens (including phenoxy) is 1. The van der Waals surface area contributed by atoms with Gasteiger partial charge in [0.2, 0.25) is 0 Å². The zero-order valence-electron chi connectivity index (χ0n) is 11.3. The molecule has 0 aromatic carbocycles. The molecule has 1 atom stereocenters. The molecule has 1 rings (SSSR count). The highest BCUT2D eigenvalue weighted by molar-refractivity contribution is 6.74. The number of rotatable bonds is 4. The lowest BCUT2D eigenvalue weighted by Gasteiger charge is -2.38. The number of carbonyl (C=O) groups excluding carboxylic acids is 1. The van der Waals surface area contributed by atoms with E-state index in [4.69, 9.17) is 9.16 Å². The Kier molecular flexibility index (Phi) is 3.85. The topological polar surface area (TPSA) is 35.5 Å². The average Bonchev–Trinajstić information content (AvgIpc) is 2.94. The number of methoxy groups -OCH3 is 1. The van der Waals surface area contributed by atoms with Gasteiger partial charge in [-0.15, -0.1) is 0 Å². The summed E-state index contributed by atoms with van der Waals surface area (Å²) in [6.07, 6.45) is 1.86. The Hall–Kier alpha value is -0.353. The Labute approximate surface area is 99.6 Å². The first kappa shape index (κ1) is 13.7. The van der Waals surface area contributed by atoms with E-state index in [1.165, 1.54) is 7.11 Å². The van der Waals surface area contributed by atoms with E-state index >= 15 is 0 Å². The van der Waals surface area contributed by atoms with Crippen molar-refractivity contribution in [1.82, 2.24) is 0 Å². The van der Waals surface area contributed by atoms with Gasteiger partial charge in [0.05, 0.1) is 7.11 Å². The Balaban J connectivity index is 2.71. The molecule has 0 unspecified atom stereocenters. The molecule has 94 valence electrons. The van der Waals surface area contributed by atoms with Gasteiger partial charge in [0.1, 0.15) is 6.10 Å². The molecule has 0 aliphatic heterocycles. The summed E-state index contributed by atoms with van der Waals surface area (Å²) in [5.74, 6) is 0.189. The van der Waals surface area contributed by atoms with Crippen molar-refractivity contribution in [2.45, 2.75) is 57.8 Å². The average molecular weight is 244 g/mol. The van der Waals surface area contributed by atoms with E-state index in [-0.39, 0.29) is 17.1 Å². The molecule has 1 aliphatic carbocycles. The maximum Gasteiger partial charge on any atom is 0.334 e. The van der Waals surface area contributed by atoms with Crippen LogP contribution < -0.4 is 0 Å². The van der Waals surface area contributed by atoms with E-state index in [0.717, 1.165) is 12.8 Å². The van der Waals surface area contributed by atoms with Gasteiger partial charge in [0.15, 0.2) is 8.32 Å². The fourth-order valence-electron chi connectivity index (χ4n) is 1.35. The van der Waals surface area contributed by atoms with E-state index in [9.17, 15) is 4.79 Å². The summed E-state index contributed by atoms with van der Waals surface area (Å²) in [4.78, 5) is 11.7. The van der Waals surface area contributed by atoms with Crippen LogP contribution in [0.1, 0.15) is 33.6 Å². The van der Waals surface area contributed by atoms with E-state index in [1.807, 2.05) is 0 Å². The van der Waals surface area contributed by atoms with Crippen molar-refractivity contribution in [1.29, 1.82) is 0 Å². The third kappa shape index (κ3) is 3.07. The highest BCUT2D eigenvalue weighted by Crippen LogP contribution is 2.42. The summed E-state index contributed by atoms with van der Waals surface area (Å²) in [7, 11) is -0.433. The van der Waals surface area contributed by atoms with Gasteiger partial charge < -0.3 is 9.16 Å². The molecule has 3 nitrogen and oxygen atoms in total. The quantitative estimate of drug-likeness (QED) is 0.563. The van der Waals surface area contributed by atoms with Crippen LogP contribution in [0.2, 0.25) is 18.1 Å². The summed E-state index contributed by atoms with van der Waals surface area (Å²) >= 11 is 0. The molecule has 1 fully saturated rings. The van der Waals surface area contributed by atoms with Crippen LogP contribution >= 0.6 is 0 Å². The van der Waals surface area contributed by atoms with Crippen molar-refractivity contribution >= 4 is 14.3 Å². The Bertz CT molecular complexity index is 264. The van der Waals surface area contributed by atoms with Crippen molar-refractivity contribution in [2.24, 2.45) is 5.92 Å². The predicted octanol–water partition coefficient (Wildman–Crippen LogP) is 2.96. The van der Waals surface area contributed by atoms with Crippen LogP contribution in [0, 0.1) is 5.92 Å². The fraction of sp³-hybridized carbons (Fsp3) is 0.917. The van der Waals surface area contributed by atoms with E-state index in [0.29, 0.717) is 5.92 Å². The lowest BCUT2D eigenvalue weighted by Crippen LogP contribution is -2.47. The maximum atomic E-state index is 11.7. The van der Waals surface area contributed by atoms with Gasteiger partial charge >= 0.3 is 5.97 Å². The Morgan fingerprint density at radius 3 is 2.12 bits per heavy atom. The van der Waals surface area contributed by atoms with E-state index in [1.54, 1.807) is 0 Å². The zero-order chi connectivity index (χ0) is 12.6. The molecule has 0 aromatic rings. The molecule has 0 bridgehead atoms. The largest absolute Gasteiger partial charge is 0.467 e. The SMILES string of the molecule is COC(=O)[C@@H](O[Si](C)(C)C(C)(C)C)C1CC1. The Morgan fingerprint density at radius 2 is 1.81 bits per heavy atom. The standard InChI is InChI=1S/C12H24O3Si/c1-12(2,3)16(5,6)15-10(9-7-8-9)11(13)14-4/h9-10H,7-8H2,1-6H3/t10-/m0/s1. The maximum absolute atomic E-state index is 11.7. The van der Waals surface area contributed by atoms with Crippen molar-refractivity contribution in [3.63, 3.8) is 0 Å². The van der Waals surface area contributed by atoms with Crippen molar-refractivity contribution in [2.75, 3.05) is 7.11 Å². The molecule has 1 saturated carbocycles. The molecule has 4 heteroatoms. The zero-order valence-corrected chi connectivity index (χ0v) is 12.3. The molecular weight excluding hydrogens is 220 g/mol. The smallest absolute Gasteiger partial charge is 0.334 e. The van der Waals surface area contributed by atoms with Crippen LogP contribution in [-0.4, -0.2) is 27.5 Å². The molecule has 16 heavy (non-hydrogen) atoms. The van der Waals surface area contributed by atoms with Gasteiger partial charge in [-0.25, -0.2) is 4.79 Å². The summed E-state index contributed by atoms with van der Waals surface area (Å²) in [5, 5.41) is 0.133. The highest BCUT2D eigenvalue weighted by Gasteiger charge is 2.46. The van der Waals surface area contributed by atoms with Crippen molar-refractivity contribution in [3.8, 4) is 0 Å². The minimum Gasteiger partial charge on any atom is -0.467 e. The number of esters is 1. The normalized spacial score (nSPS) is 19.4. The lowest BCUT2D eigenvalue weighted by atomic mass is 10.2. The van der Waals surface area contributed by atoms with Crippen LogP contribution in [0.4, 0.5) is 0 Å². The van der Waals surface area contributed by atoms with Crippen LogP contribution in [0.3, 0.4) is 0 Å². The number of hydrogen-bond donors (Lipinski definition) is 0. The summed E-state index contributed by atoms with van der Waals surface area (Å²) in [6, 6.07) is 0. The molecule has 0 N–H and O–H groups in total. The van der Waals surface area contributed by atoms with Crippen LogP contribution in [-0.2, 0) is 14.0 Å². The van der Waals surface area contributed by atoms with Gasteiger partial charge in [-0.1, -0.05) is 20.8 Å². The van der Waals surface area contributed by atoms with Crippen LogP contribution in [0.5, 0.6) is 0 Å². The summed E-state index contributed by atoms with van der Waals surface area (Å²) < 4.78 is 11.0. The minimum atomic E-state index is -1.87. The second-order valence-electron chi connectivity index (χ2n) is 6.16. The third-order valence-corrected chi connectivity index (χ3v) is 8.17. The molecule has 0 aromatic heterocycles. The van der Waals surface area contributed by atoms with Gasteiger partial charge in [-0.2, -0.15) is 0 Å². The van der Waals surface area contributed by atoms with Crippen molar-refractivity contribution in [3.05, 3.63) is 0 Å². The molecule has 0 amide bonds. The van der Waals surface area contributed by atoms with E-state index in [2.05, 4.69) is 33.9 Å². The van der Waals surface area contributed by atoms with Gasteiger partial charge in [0.25, 0.3) is 0 Å². The third-order valence-electron chi connectivity index (χ3n) is 3.71. The second kappa shape index (κ2) is 4.49. The Morgan fingerprint density at radius 1 is 1.31 bits per heavy atom. The molecule has 0 saturated heterocycles. The summed E-state index contributed by atoms with van der Waals surface area (Å²) in [6.45, 7) is 10.9. The molecule has 1 aliphatic rings. The predicted molar refractivity (Wildman–Crippen MR) is 66.8 cm³/mol. The lowest BCUT2D eigenvalue weighted by molar-refractivity contribution is -0.150. The fourth-order valence-corrected chi connectivity index (χ4v) is 2.62. The first-order chi connectivity index (χ1) is 7.19. The first-order valence-corrected chi connectivity index (χ1v) is 8.85. The summed E-state index contributed by atoms with van der Waals surface area (Å²) in [5.41, 5.74) is 0. The highest BCUT2D eigenvalue weighted by atomic mass is 28.4. The van der Waals surface area contributed by atoms with E-state index < -0.39 is 8.32 Å². The van der Waals surface area contributed by atoms with Gasteiger partial charge in [-0.05, 0) is 36.9 Å². The second-order valence-corrected chi connectivity index (χ2v) is 10.9. The molecule has 0 radical (unpaired) electrons.